The number of aromatic nitrogens is 3. The van der Waals surface area contributed by atoms with Crippen LogP contribution in [0.2, 0.25) is 0 Å². The van der Waals surface area contributed by atoms with Crippen LogP contribution in [0.1, 0.15) is 51.8 Å². The molecule has 1 saturated carbocycles. The average Bonchev–Trinajstić information content (AvgIpc) is 3.09. The first-order valence-corrected chi connectivity index (χ1v) is 8.41. The van der Waals surface area contributed by atoms with Crippen molar-refractivity contribution >= 4 is 0 Å². The predicted octanol–water partition coefficient (Wildman–Crippen LogP) is 2.08. The van der Waals surface area contributed by atoms with Gasteiger partial charge in [-0.15, -0.1) is 0 Å². The van der Waals surface area contributed by atoms with E-state index < -0.39 is 0 Å². The Morgan fingerprint density at radius 2 is 2.05 bits per heavy atom. The highest BCUT2D eigenvalue weighted by Gasteiger charge is 2.43. The van der Waals surface area contributed by atoms with E-state index in [0.717, 1.165) is 31.8 Å². The zero-order valence-corrected chi connectivity index (χ0v) is 14.1. The lowest BCUT2D eigenvalue weighted by Crippen LogP contribution is -2.58. The molecule has 0 spiro atoms. The maximum absolute atomic E-state index is 4.51. The summed E-state index contributed by atoms with van der Waals surface area (Å²) in [6, 6.07) is 0.444. The van der Waals surface area contributed by atoms with Gasteiger partial charge < -0.3 is 10.2 Å². The minimum Gasteiger partial charge on any atom is -0.312 e. The molecular formula is C16H31N5. The molecule has 0 saturated heterocycles. The number of nitrogens with one attached hydrogen (secondary N) is 1. The minimum absolute atomic E-state index is 0.263. The molecule has 21 heavy (non-hydrogen) atoms. The molecule has 1 fully saturated rings. The van der Waals surface area contributed by atoms with Crippen molar-refractivity contribution in [3.63, 3.8) is 0 Å². The summed E-state index contributed by atoms with van der Waals surface area (Å²) in [5, 5.41) is 8.11. The largest absolute Gasteiger partial charge is 0.312 e. The zero-order valence-electron chi connectivity index (χ0n) is 14.1. The van der Waals surface area contributed by atoms with E-state index in [-0.39, 0.29) is 5.54 Å². The molecule has 0 bridgehead atoms. The summed E-state index contributed by atoms with van der Waals surface area (Å²) >= 11 is 0. The molecule has 1 aliphatic carbocycles. The summed E-state index contributed by atoms with van der Waals surface area (Å²) in [5.41, 5.74) is 0.263. The monoisotopic (exact) mass is 293 g/mol. The summed E-state index contributed by atoms with van der Waals surface area (Å²) in [4.78, 5) is 6.95. The van der Waals surface area contributed by atoms with Gasteiger partial charge in [-0.25, -0.2) is 4.98 Å². The third-order valence-electron chi connectivity index (χ3n) is 4.98. The fourth-order valence-electron chi connectivity index (χ4n) is 3.82. The lowest BCUT2D eigenvalue weighted by Gasteiger charge is -2.43. The fourth-order valence-corrected chi connectivity index (χ4v) is 3.82. The van der Waals surface area contributed by atoms with E-state index >= 15 is 0 Å². The van der Waals surface area contributed by atoms with Gasteiger partial charge in [-0.3, -0.25) is 4.68 Å². The molecule has 0 amide bonds. The van der Waals surface area contributed by atoms with Crippen molar-refractivity contribution in [1.29, 1.82) is 0 Å². The Balaban J connectivity index is 2.20. The van der Waals surface area contributed by atoms with Crippen molar-refractivity contribution in [2.45, 2.75) is 70.5 Å². The molecule has 1 atom stereocenters. The Labute approximate surface area is 129 Å². The quantitative estimate of drug-likeness (QED) is 0.797. The van der Waals surface area contributed by atoms with E-state index in [0.29, 0.717) is 6.04 Å². The molecule has 0 aromatic carbocycles. The molecule has 0 radical (unpaired) electrons. The van der Waals surface area contributed by atoms with E-state index in [9.17, 15) is 0 Å². The molecule has 1 aliphatic rings. The smallest absolute Gasteiger partial charge is 0.138 e. The van der Waals surface area contributed by atoms with E-state index in [4.69, 9.17) is 0 Å². The number of hydrogen-bond acceptors (Lipinski definition) is 4. The van der Waals surface area contributed by atoms with Crippen LogP contribution in [0.4, 0.5) is 0 Å². The van der Waals surface area contributed by atoms with Gasteiger partial charge in [-0.2, -0.15) is 5.10 Å². The van der Waals surface area contributed by atoms with Crippen LogP contribution in [-0.4, -0.2) is 51.9 Å². The van der Waals surface area contributed by atoms with Gasteiger partial charge in [0.2, 0.25) is 0 Å². The Hall–Kier alpha value is -0.940. The molecule has 5 heteroatoms. The van der Waals surface area contributed by atoms with Gasteiger partial charge in [-0.1, -0.05) is 26.7 Å². The lowest BCUT2D eigenvalue weighted by molar-refractivity contribution is 0.103. The molecule has 0 aliphatic heterocycles. The first-order chi connectivity index (χ1) is 10.1. The normalized spacial score (nSPS) is 19.3. The Kier molecular flexibility index (Phi) is 5.76. The van der Waals surface area contributed by atoms with Crippen molar-refractivity contribution in [2.24, 2.45) is 0 Å². The second-order valence-electron chi connectivity index (χ2n) is 6.42. The highest BCUT2D eigenvalue weighted by atomic mass is 15.3. The topological polar surface area (TPSA) is 46.0 Å². The van der Waals surface area contributed by atoms with Gasteiger partial charge in [0.25, 0.3) is 0 Å². The summed E-state index contributed by atoms with van der Waals surface area (Å²) < 4.78 is 2.07. The van der Waals surface area contributed by atoms with Crippen LogP contribution in [0.25, 0.3) is 0 Å². The van der Waals surface area contributed by atoms with Crippen LogP contribution in [0.3, 0.4) is 0 Å². The number of likely N-dealkylation sites (N-methyl/N-ethyl adjacent to an activating group) is 2. The SMILES string of the molecule is CCCn1ncnc1CC(NCC)C1(N(C)C)CCCC1. The van der Waals surface area contributed by atoms with Gasteiger partial charge in [0.15, 0.2) is 0 Å². The van der Waals surface area contributed by atoms with E-state index in [1.165, 1.54) is 25.7 Å². The summed E-state index contributed by atoms with van der Waals surface area (Å²) in [6.07, 6.45) is 8.99. The van der Waals surface area contributed by atoms with E-state index in [2.05, 4.69) is 52.9 Å². The van der Waals surface area contributed by atoms with Crippen LogP contribution >= 0.6 is 0 Å². The highest BCUT2D eigenvalue weighted by Crippen LogP contribution is 2.37. The Morgan fingerprint density at radius 1 is 1.33 bits per heavy atom. The predicted molar refractivity (Wildman–Crippen MR) is 86.4 cm³/mol. The van der Waals surface area contributed by atoms with Gasteiger partial charge in [0, 0.05) is 24.5 Å². The molecule has 120 valence electrons. The number of rotatable bonds is 8. The molecular weight excluding hydrogens is 262 g/mol. The summed E-state index contributed by atoms with van der Waals surface area (Å²) in [7, 11) is 4.46. The van der Waals surface area contributed by atoms with E-state index in [1.54, 1.807) is 6.33 Å². The van der Waals surface area contributed by atoms with Gasteiger partial charge in [0.05, 0.1) is 0 Å². The van der Waals surface area contributed by atoms with Gasteiger partial charge in [0.1, 0.15) is 12.2 Å². The summed E-state index contributed by atoms with van der Waals surface area (Å²) in [5.74, 6) is 1.12. The third kappa shape index (κ3) is 3.46. The second-order valence-corrected chi connectivity index (χ2v) is 6.42. The van der Waals surface area contributed by atoms with Gasteiger partial charge in [-0.05, 0) is 39.9 Å². The number of nitrogens with zero attached hydrogens (tertiary/aromatic N) is 4. The Morgan fingerprint density at radius 3 is 2.62 bits per heavy atom. The number of hydrogen-bond donors (Lipinski definition) is 1. The maximum atomic E-state index is 4.51. The van der Waals surface area contributed by atoms with Crippen LogP contribution in [0, 0.1) is 0 Å². The van der Waals surface area contributed by atoms with Crippen molar-refractivity contribution < 1.29 is 0 Å². The summed E-state index contributed by atoms with van der Waals surface area (Å²) in [6.45, 7) is 6.35. The molecule has 5 nitrogen and oxygen atoms in total. The van der Waals surface area contributed by atoms with Crippen LogP contribution in [-0.2, 0) is 13.0 Å². The molecule has 1 unspecified atom stereocenters. The standard InChI is InChI=1S/C16H31N5/c1-5-11-21-15(18-13-19-21)12-14(17-6-2)16(20(3)4)9-7-8-10-16/h13-14,17H,5-12H2,1-4H3. The third-order valence-corrected chi connectivity index (χ3v) is 4.98. The van der Waals surface area contributed by atoms with Gasteiger partial charge >= 0.3 is 0 Å². The van der Waals surface area contributed by atoms with Crippen LogP contribution in [0.15, 0.2) is 6.33 Å². The first kappa shape index (κ1) is 16.4. The Bertz CT molecular complexity index is 420. The molecule has 1 aromatic rings. The zero-order chi connectivity index (χ0) is 15.3. The molecule has 2 rings (SSSR count). The first-order valence-electron chi connectivity index (χ1n) is 8.41. The van der Waals surface area contributed by atoms with Crippen molar-refractivity contribution in [1.82, 2.24) is 25.0 Å². The highest BCUT2D eigenvalue weighted by molar-refractivity contribution is 5.06. The fraction of sp³-hybridized carbons (Fsp3) is 0.875. The van der Waals surface area contributed by atoms with Crippen molar-refractivity contribution in [3.05, 3.63) is 12.2 Å². The molecule has 1 N–H and O–H groups in total. The van der Waals surface area contributed by atoms with E-state index in [1.807, 2.05) is 0 Å². The van der Waals surface area contributed by atoms with Crippen LogP contribution < -0.4 is 5.32 Å². The number of aryl methyl sites for hydroxylation is 1. The minimum atomic E-state index is 0.263. The lowest BCUT2D eigenvalue weighted by atomic mass is 9.84. The maximum Gasteiger partial charge on any atom is 0.138 e. The molecule has 1 aromatic heterocycles. The molecule has 1 heterocycles. The second kappa shape index (κ2) is 7.36. The van der Waals surface area contributed by atoms with Crippen molar-refractivity contribution in [2.75, 3.05) is 20.6 Å². The van der Waals surface area contributed by atoms with Crippen molar-refractivity contribution in [3.8, 4) is 0 Å². The average molecular weight is 293 g/mol. The van der Waals surface area contributed by atoms with Crippen LogP contribution in [0.5, 0.6) is 0 Å².